The van der Waals surface area contributed by atoms with Gasteiger partial charge in [-0.25, -0.2) is 0 Å². The Morgan fingerprint density at radius 3 is 1.97 bits per heavy atom. The molecule has 1 radical (unpaired) electrons. The number of hydrogen-bond acceptors (Lipinski definition) is 1. The van der Waals surface area contributed by atoms with E-state index in [2.05, 4.69) is 111 Å². The second-order valence-corrected chi connectivity index (χ2v) is 9.05. The summed E-state index contributed by atoms with van der Waals surface area (Å²) < 4.78 is 2.07. The number of rotatable bonds is 2. The van der Waals surface area contributed by atoms with Crippen molar-refractivity contribution < 1.29 is 20.1 Å². The van der Waals surface area contributed by atoms with E-state index in [0.29, 0.717) is 0 Å². The SMILES string of the molecule is Cc1cccc(C)c1-c1ccc2c(c1)c1ccc[c-]c1n1nc(-c3c(C)cccc3C)cc21.[Ir]. The second kappa shape index (κ2) is 8.51. The molecule has 2 nitrogen and oxygen atoms in total. The van der Waals surface area contributed by atoms with Crippen molar-refractivity contribution in [2.45, 2.75) is 27.7 Å². The molecular weight excluding hydrogens is 593 g/mol. The predicted octanol–water partition coefficient (Wildman–Crippen LogP) is 8.01. The largest absolute Gasteiger partial charge is 0.257 e. The Morgan fingerprint density at radius 2 is 1.29 bits per heavy atom. The van der Waals surface area contributed by atoms with Crippen molar-refractivity contribution in [3.8, 4) is 22.4 Å². The quantitative estimate of drug-likeness (QED) is 0.142. The summed E-state index contributed by atoms with van der Waals surface area (Å²) >= 11 is 0. The minimum atomic E-state index is 0. The molecule has 0 spiro atoms. The first kappa shape index (κ1) is 22.5. The Kier molecular flexibility index (Phi) is 5.64. The Morgan fingerprint density at radius 1 is 0.647 bits per heavy atom. The van der Waals surface area contributed by atoms with Crippen molar-refractivity contribution in [3.63, 3.8) is 0 Å². The maximum atomic E-state index is 5.08. The van der Waals surface area contributed by atoms with Crippen LogP contribution < -0.4 is 0 Å². The molecule has 0 aliphatic carbocycles. The zero-order valence-electron chi connectivity index (χ0n) is 19.7. The molecule has 3 heteroatoms. The molecule has 2 heterocycles. The first-order valence-electron chi connectivity index (χ1n) is 11.4. The molecule has 6 rings (SSSR count). The average Bonchev–Trinajstić information content (AvgIpc) is 3.24. The maximum absolute atomic E-state index is 5.08. The summed E-state index contributed by atoms with van der Waals surface area (Å²) in [5, 5.41) is 8.70. The van der Waals surface area contributed by atoms with E-state index in [4.69, 9.17) is 5.10 Å². The Hall–Kier alpha value is -3.26. The van der Waals surface area contributed by atoms with Gasteiger partial charge in [0.25, 0.3) is 0 Å². The van der Waals surface area contributed by atoms with Crippen LogP contribution in [0.2, 0.25) is 0 Å². The monoisotopic (exact) mass is 618 g/mol. The van der Waals surface area contributed by atoms with Crippen LogP contribution in [0.1, 0.15) is 22.3 Å². The molecule has 2 aromatic heterocycles. The summed E-state index contributed by atoms with van der Waals surface area (Å²) in [5.41, 5.74) is 12.0. The van der Waals surface area contributed by atoms with Gasteiger partial charge in [-0.15, -0.1) is 5.39 Å². The zero-order valence-corrected chi connectivity index (χ0v) is 22.1. The van der Waals surface area contributed by atoms with E-state index in [0.717, 1.165) is 16.7 Å². The first-order valence-corrected chi connectivity index (χ1v) is 11.4. The van der Waals surface area contributed by atoms with Crippen molar-refractivity contribution in [1.82, 2.24) is 9.61 Å². The fraction of sp³-hybridized carbons (Fsp3) is 0.129. The van der Waals surface area contributed by atoms with Gasteiger partial charge in [-0.1, -0.05) is 60.0 Å². The molecule has 0 aliphatic heterocycles. The Labute approximate surface area is 213 Å². The number of fused-ring (bicyclic) bond motifs is 6. The van der Waals surface area contributed by atoms with Gasteiger partial charge in [0.05, 0.1) is 11.2 Å². The van der Waals surface area contributed by atoms with Crippen LogP contribution in [0, 0.1) is 33.8 Å². The number of para-hydroxylation sites is 1. The van der Waals surface area contributed by atoms with E-state index in [1.807, 2.05) is 6.07 Å². The minimum Gasteiger partial charge on any atom is -0.257 e. The molecule has 34 heavy (non-hydrogen) atoms. The summed E-state index contributed by atoms with van der Waals surface area (Å²) in [5.74, 6) is 0. The van der Waals surface area contributed by atoms with Crippen LogP contribution in [0.3, 0.4) is 0 Å². The molecule has 6 aromatic rings. The molecule has 4 aromatic carbocycles. The predicted molar refractivity (Wildman–Crippen MR) is 139 cm³/mol. The van der Waals surface area contributed by atoms with Crippen LogP contribution in [0.4, 0.5) is 0 Å². The molecule has 0 bridgehead atoms. The number of nitrogens with zero attached hydrogens (tertiary/aromatic N) is 2. The number of benzene rings is 4. The molecule has 0 N–H and O–H groups in total. The van der Waals surface area contributed by atoms with Crippen LogP contribution in [-0.2, 0) is 20.1 Å². The van der Waals surface area contributed by atoms with Gasteiger partial charge in [0.1, 0.15) is 0 Å². The van der Waals surface area contributed by atoms with Crippen molar-refractivity contribution in [3.05, 3.63) is 107 Å². The molecular formula is C31H25IrN2-. The van der Waals surface area contributed by atoms with Gasteiger partial charge in [0.15, 0.2) is 0 Å². The van der Waals surface area contributed by atoms with E-state index in [1.165, 1.54) is 55.1 Å². The number of pyridine rings is 1. The summed E-state index contributed by atoms with van der Waals surface area (Å²) in [6, 6.07) is 31.7. The fourth-order valence-electron chi connectivity index (χ4n) is 5.32. The zero-order chi connectivity index (χ0) is 22.7. The molecule has 0 saturated carbocycles. The van der Waals surface area contributed by atoms with Gasteiger partial charge in [-0.2, -0.15) is 29.4 Å². The van der Waals surface area contributed by atoms with Crippen molar-refractivity contribution in [1.29, 1.82) is 0 Å². The molecule has 0 atom stereocenters. The van der Waals surface area contributed by atoms with Gasteiger partial charge in [-0.3, -0.25) is 4.52 Å². The van der Waals surface area contributed by atoms with E-state index < -0.39 is 0 Å². The summed E-state index contributed by atoms with van der Waals surface area (Å²) in [6.07, 6.45) is 0. The van der Waals surface area contributed by atoms with Gasteiger partial charge in [0, 0.05) is 25.7 Å². The molecule has 0 fully saturated rings. The molecule has 0 aliphatic rings. The fourth-order valence-corrected chi connectivity index (χ4v) is 5.32. The van der Waals surface area contributed by atoms with Crippen LogP contribution >= 0.6 is 0 Å². The van der Waals surface area contributed by atoms with Gasteiger partial charge in [-0.05, 0) is 78.0 Å². The first-order chi connectivity index (χ1) is 16.0. The minimum absolute atomic E-state index is 0. The van der Waals surface area contributed by atoms with Crippen molar-refractivity contribution in [2.75, 3.05) is 0 Å². The van der Waals surface area contributed by atoms with Crippen molar-refractivity contribution in [2.24, 2.45) is 0 Å². The van der Waals surface area contributed by atoms with Gasteiger partial charge >= 0.3 is 0 Å². The summed E-state index contributed by atoms with van der Waals surface area (Å²) in [4.78, 5) is 0. The van der Waals surface area contributed by atoms with Gasteiger partial charge in [0.2, 0.25) is 0 Å². The maximum Gasteiger partial charge on any atom is 0.0938 e. The molecule has 0 saturated heterocycles. The standard InChI is InChI=1S/C31H25N2.Ir/c1-19-9-7-10-20(2)30(19)23-15-16-25-26(17-23)24-13-5-6-14-28(24)33-29(25)18-27(32-33)31-21(3)11-8-12-22(31)4;/h5-13,15-18H,1-4H3;/q-1;. The Bertz CT molecular complexity index is 1670. The third-order valence-corrected chi connectivity index (χ3v) is 6.85. The normalized spacial score (nSPS) is 11.3. The third kappa shape index (κ3) is 3.39. The van der Waals surface area contributed by atoms with Gasteiger partial charge < -0.3 is 0 Å². The Balaban J connectivity index is 0.00000241. The van der Waals surface area contributed by atoms with Crippen LogP contribution in [0.25, 0.3) is 49.6 Å². The molecule has 0 amide bonds. The number of aryl methyl sites for hydroxylation is 4. The smallest absolute Gasteiger partial charge is 0.0938 e. The summed E-state index contributed by atoms with van der Waals surface area (Å²) in [6.45, 7) is 8.70. The average molecular weight is 618 g/mol. The van der Waals surface area contributed by atoms with Crippen LogP contribution in [-0.4, -0.2) is 9.61 Å². The number of aromatic nitrogens is 2. The molecule has 169 valence electrons. The summed E-state index contributed by atoms with van der Waals surface area (Å²) in [7, 11) is 0. The molecule has 0 unspecified atom stereocenters. The second-order valence-electron chi connectivity index (χ2n) is 9.05. The van der Waals surface area contributed by atoms with Crippen LogP contribution in [0.15, 0.2) is 78.9 Å². The van der Waals surface area contributed by atoms with E-state index in [1.54, 1.807) is 0 Å². The third-order valence-electron chi connectivity index (χ3n) is 6.85. The van der Waals surface area contributed by atoms with E-state index >= 15 is 0 Å². The number of hydrogen-bond donors (Lipinski definition) is 0. The van der Waals surface area contributed by atoms with E-state index in [-0.39, 0.29) is 20.1 Å². The van der Waals surface area contributed by atoms with Crippen LogP contribution in [0.5, 0.6) is 0 Å². The van der Waals surface area contributed by atoms with Crippen molar-refractivity contribution >= 4 is 27.2 Å². The van der Waals surface area contributed by atoms with E-state index in [9.17, 15) is 0 Å². The topological polar surface area (TPSA) is 17.3 Å².